The number of hydrogen-bond donors (Lipinski definition) is 0. The number of hydrogen-bond acceptors (Lipinski definition) is 7. The highest BCUT2D eigenvalue weighted by Gasteiger charge is 2.33. The number of aryl methyl sites for hydroxylation is 1. The molecule has 0 saturated carbocycles. The molecule has 0 bridgehead atoms. The van der Waals surface area contributed by atoms with E-state index < -0.39 is 4.92 Å². The first kappa shape index (κ1) is 13.7. The number of anilines is 3. The van der Waals surface area contributed by atoms with Gasteiger partial charge in [0.2, 0.25) is 12.1 Å². The van der Waals surface area contributed by atoms with Crippen molar-refractivity contribution in [3.8, 4) is 0 Å². The zero-order valence-corrected chi connectivity index (χ0v) is 12.8. The highest BCUT2D eigenvalue weighted by molar-refractivity contribution is 7.99. The molecule has 1 aliphatic heterocycles. The van der Waals surface area contributed by atoms with E-state index in [1.807, 2.05) is 12.1 Å². The fourth-order valence-electron chi connectivity index (χ4n) is 2.54. The summed E-state index contributed by atoms with van der Waals surface area (Å²) >= 11 is 1.56. The molecule has 0 radical (unpaired) electrons. The summed E-state index contributed by atoms with van der Waals surface area (Å²) < 4.78 is 1.63. The van der Waals surface area contributed by atoms with Gasteiger partial charge >= 0.3 is 5.82 Å². The molecule has 3 aromatic rings. The van der Waals surface area contributed by atoms with Gasteiger partial charge in [0.1, 0.15) is 0 Å². The van der Waals surface area contributed by atoms with Gasteiger partial charge in [0.05, 0.1) is 22.5 Å². The molecule has 0 atom stereocenters. The third kappa shape index (κ3) is 2.05. The zero-order valence-electron chi connectivity index (χ0n) is 11.9. The van der Waals surface area contributed by atoms with E-state index in [1.54, 1.807) is 53.1 Å². The highest BCUT2D eigenvalue weighted by atomic mass is 32.2. The van der Waals surface area contributed by atoms with Crippen LogP contribution in [0.2, 0.25) is 0 Å². The van der Waals surface area contributed by atoms with Crippen molar-refractivity contribution >= 4 is 34.8 Å². The van der Waals surface area contributed by atoms with Crippen LogP contribution in [-0.4, -0.2) is 24.4 Å². The van der Waals surface area contributed by atoms with Crippen molar-refractivity contribution < 1.29 is 4.92 Å². The summed E-state index contributed by atoms with van der Waals surface area (Å²) in [6.45, 7) is 0. The van der Waals surface area contributed by atoms with Crippen LogP contribution in [0.3, 0.4) is 0 Å². The van der Waals surface area contributed by atoms with Gasteiger partial charge in [0, 0.05) is 30.5 Å². The van der Waals surface area contributed by atoms with Gasteiger partial charge in [-0.2, -0.15) is 0 Å². The lowest BCUT2D eigenvalue weighted by molar-refractivity contribution is -0.388. The highest BCUT2D eigenvalue weighted by Crippen LogP contribution is 2.51. The van der Waals surface area contributed by atoms with Crippen molar-refractivity contribution in [3.63, 3.8) is 0 Å². The van der Waals surface area contributed by atoms with Gasteiger partial charge < -0.3 is 10.1 Å². The summed E-state index contributed by atoms with van der Waals surface area (Å²) in [6, 6.07) is 3.71. The first-order valence-corrected chi connectivity index (χ1v) is 7.50. The lowest BCUT2D eigenvalue weighted by Gasteiger charge is -2.30. The monoisotopic (exact) mass is 326 g/mol. The molecule has 4 rings (SSSR count). The zero-order chi connectivity index (χ0) is 16.0. The Morgan fingerprint density at radius 2 is 1.91 bits per heavy atom. The second kappa shape index (κ2) is 5.06. The maximum atomic E-state index is 11.4. The Kier molecular flexibility index (Phi) is 3.01. The number of fused-ring (bicyclic) bond motifs is 2. The molecule has 0 amide bonds. The molecular weight excluding hydrogens is 316 g/mol. The Hall–Kier alpha value is -2.94. The van der Waals surface area contributed by atoms with E-state index in [2.05, 4.69) is 15.0 Å². The molecule has 0 N–H and O–H groups in total. The molecule has 4 heterocycles. The van der Waals surface area contributed by atoms with Gasteiger partial charge in [-0.25, -0.2) is 0 Å². The van der Waals surface area contributed by atoms with Crippen molar-refractivity contribution in [2.24, 2.45) is 7.05 Å². The maximum absolute atomic E-state index is 11.4. The van der Waals surface area contributed by atoms with Crippen LogP contribution < -0.4 is 4.90 Å². The number of nitrogens with zero attached hydrogens (tertiary/aromatic N) is 6. The predicted molar refractivity (Wildman–Crippen MR) is 84.3 cm³/mol. The maximum Gasteiger partial charge on any atom is 0.407 e. The summed E-state index contributed by atoms with van der Waals surface area (Å²) in [5.74, 6) is 0.189. The van der Waals surface area contributed by atoms with Crippen LogP contribution in [0.25, 0.3) is 0 Å². The second-order valence-corrected chi connectivity index (χ2v) is 5.97. The molecule has 0 fully saturated rings. The van der Waals surface area contributed by atoms with E-state index in [1.165, 1.54) is 6.33 Å². The molecule has 9 heteroatoms. The van der Waals surface area contributed by atoms with Crippen molar-refractivity contribution in [2.45, 2.75) is 9.79 Å². The van der Waals surface area contributed by atoms with Crippen LogP contribution in [0, 0.1) is 10.1 Å². The minimum Gasteiger partial charge on any atom is -0.358 e. The normalized spacial score (nSPS) is 12.7. The fourth-order valence-corrected chi connectivity index (χ4v) is 3.53. The van der Waals surface area contributed by atoms with Gasteiger partial charge in [0.15, 0.2) is 0 Å². The third-order valence-corrected chi connectivity index (χ3v) is 4.60. The van der Waals surface area contributed by atoms with Crippen molar-refractivity contribution in [1.82, 2.24) is 19.5 Å². The first-order chi connectivity index (χ1) is 11.2. The SMILES string of the molecule is Cn1cnc([N+](=O)[O-])c1N1c2ccncc2Sc2ccncc21. The molecule has 114 valence electrons. The smallest absolute Gasteiger partial charge is 0.358 e. The molecule has 0 aliphatic carbocycles. The number of imidazole rings is 1. The average Bonchev–Trinajstić information content (AvgIpc) is 2.94. The second-order valence-electron chi connectivity index (χ2n) is 4.88. The molecule has 23 heavy (non-hydrogen) atoms. The van der Waals surface area contributed by atoms with E-state index >= 15 is 0 Å². The Morgan fingerprint density at radius 1 is 1.13 bits per heavy atom. The lowest BCUT2D eigenvalue weighted by Crippen LogP contribution is -2.18. The summed E-state index contributed by atoms with van der Waals surface area (Å²) in [6.07, 6.45) is 8.24. The molecule has 3 aromatic heterocycles. The largest absolute Gasteiger partial charge is 0.407 e. The van der Waals surface area contributed by atoms with Crippen molar-refractivity contribution in [3.05, 3.63) is 53.4 Å². The number of nitro groups is 1. The molecule has 0 aromatic carbocycles. The van der Waals surface area contributed by atoms with Crippen molar-refractivity contribution in [2.75, 3.05) is 4.90 Å². The molecule has 8 nitrogen and oxygen atoms in total. The molecule has 1 aliphatic rings. The van der Waals surface area contributed by atoms with E-state index in [4.69, 9.17) is 0 Å². The number of pyridine rings is 2. The van der Waals surface area contributed by atoms with Crippen LogP contribution in [-0.2, 0) is 7.05 Å². The number of rotatable bonds is 2. The molecular formula is C14H10N6O2S. The summed E-state index contributed by atoms with van der Waals surface area (Å²) in [5, 5.41) is 11.4. The van der Waals surface area contributed by atoms with E-state index in [0.29, 0.717) is 5.82 Å². The predicted octanol–water partition coefficient (Wildman–Crippen LogP) is 3.05. The Morgan fingerprint density at radius 3 is 2.74 bits per heavy atom. The van der Waals surface area contributed by atoms with Gasteiger partial charge in [-0.3, -0.25) is 19.4 Å². The minimum atomic E-state index is -0.478. The van der Waals surface area contributed by atoms with E-state index in [9.17, 15) is 10.1 Å². The Balaban J connectivity index is 2.03. The van der Waals surface area contributed by atoms with Crippen LogP contribution in [0.4, 0.5) is 23.0 Å². The third-order valence-electron chi connectivity index (χ3n) is 3.50. The summed E-state index contributed by atoms with van der Waals surface area (Å²) in [7, 11) is 1.73. The van der Waals surface area contributed by atoms with E-state index in [-0.39, 0.29) is 5.82 Å². The first-order valence-electron chi connectivity index (χ1n) is 6.68. The van der Waals surface area contributed by atoms with E-state index in [0.717, 1.165) is 21.2 Å². The molecule has 0 saturated heterocycles. The topological polar surface area (TPSA) is 90.0 Å². The van der Waals surface area contributed by atoms with Crippen LogP contribution in [0.1, 0.15) is 0 Å². The summed E-state index contributed by atoms with van der Waals surface area (Å²) in [4.78, 5) is 26.8. The van der Waals surface area contributed by atoms with Gasteiger partial charge in [-0.05, 0) is 22.0 Å². The van der Waals surface area contributed by atoms with Crippen LogP contribution in [0.5, 0.6) is 0 Å². The lowest BCUT2D eigenvalue weighted by atomic mass is 10.2. The Labute approximate surface area is 135 Å². The quantitative estimate of drug-likeness (QED) is 0.413. The standard InChI is InChI=1S/C14H10N6O2S/c1-18-8-17-13(20(21)22)14(18)19-9-2-4-16-7-12(9)23-11-3-5-15-6-10(11)19/h2-8H,1H3. The van der Waals surface area contributed by atoms with Crippen LogP contribution in [0.15, 0.2) is 53.0 Å². The Bertz CT molecular complexity index is 880. The van der Waals surface area contributed by atoms with Crippen molar-refractivity contribution in [1.29, 1.82) is 0 Å². The number of aromatic nitrogens is 4. The van der Waals surface area contributed by atoms with Gasteiger partial charge in [-0.1, -0.05) is 11.8 Å². The van der Waals surface area contributed by atoms with Crippen LogP contribution >= 0.6 is 11.8 Å². The molecule has 0 unspecified atom stereocenters. The minimum absolute atomic E-state index is 0.197. The summed E-state index contributed by atoms with van der Waals surface area (Å²) in [5.41, 5.74) is 1.60. The fraction of sp³-hybridized carbons (Fsp3) is 0.0714. The van der Waals surface area contributed by atoms with Gasteiger partial charge in [0.25, 0.3) is 0 Å². The average molecular weight is 326 g/mol. The molecule has 0 spiro atoms. The van der Waals surface area contributed by atoms with Gasteiger partial charge in [-0.15, -0.1) is 0 Å².